The van der Waals surface area contributed by atoms with Gasteiger partial charge in [0.25, 0.3) is 11.8 Å². The van der Waals surface area contributed by atoms with E-state index in [2.05, 4.69) is 5.32 Å². The summed E-state index contributed by atoms with van der Waals surface area (Å²) in [6, 6.07) is 11.3. The summed E-state index contributed by atoms with van der Waals surface area (Å²) in [4.78, 5) is 27.6. The number of rotatable bonds is 5. The summed E-state index contributed by atoms with van der Waals surface area (Å²) in [7, 11) is 1.38. The maximum absolute atomic E-state index is 13.8. The fraction of sp³-hybridized carbons (Fsp3) is 0.300. The Morgan fingerprint density at radius 1 is 1.21 bits per heavy atom. The molecule has 0 aromatic heterocycles. The quantitative estimate of drug-likeness (QED) is 0.790. The standard InChI is InChI=1S/C20H21ClFN3O3/c1-28-18-7-6-14(12-16(18)22)20(27)25-10-8-24(9-11-25)13-19(26)23-17-5-3-2-4-15(17)21/h2-7,12H,8-11,13H2,1H3,(H,23,26)/p+1. The number of amides is 2. The van der Waals surface area contributed by atoms with Crippen LogP contribution in [-0.4, -0.2) is 56.5 Å². The Labute approximate surface area is 167 Å². The van der Waals surface area contributed by atoms with E-state index in [0.29, 0.717) is 49.0 Å². The molecule has 1 fully saturated rings. The molecule has 6 nitrogen and oxygen atoms in total. The molecule has 1 aliphatic rings. The number of quaternary nitrogens is 1. The number of ether oxygens (including phenoxy) is 1. The Kier molecular flexibility index (Phi) is 6.49. The lowest BCUT2D eigenvalue weighted by molar-refractivity contribution is -0.895. The highest BCUT2D eigenvalue weighted by Gasteiger charge is 2.26. The van der Waals surface area contributed by atoms with E-state index >= 15 is 0 Å². The topological polar surface area (TPSA) is 63.1 Å². The lowest BCUT2D eigenvalue weighted by Gasteiger charge is -2.32. The summed E-state index contributed by atoms with van der Waals surface area (Å²) in [5.74, 6) is -0.801. The SMILES string of the molecule is COc1ccc(C(=O)N2CC[NH+](CC(=O)Nc3ccccc3Cl)CC2)cc1F. The van der Waals surface area contributed by atoms with Crippen molar-refractivity contribution in [3.8, 4) is 5.75 Å². The van der Waals surface area contributed by atoms with Gasteiger partial charge in [0.2, 0.25) is 0 Å². The molecule has 2 aromatic rings. The number of nitrogens with one attached hydrogen (secondary N) is 2. The third-order valence-electron chi connectivity index (χ3n) is 4.72. The summed E-state index contributed by atoms with van der Waals surface area (Å²) in [6.45, 7) is 2.58. The first-order valence-electron chi connectivity index (χ1n) is 8.98. The molecule has 0 atom stereocenters. The number of hydrogen-bond donors (Lipinski definition) is 2. The number of halogens is 2. The normalized spacial score (nSPS) is 14.6. The zero-order valence-corrected chi connectivity index (χ0v) is 16.3. The molecule has 148 valence electrons. The van der Waals surface area contributed by atoms with Crippen LogP contribution in [0.1, 0.15) is 10.4 Å². The molecule has 0 unspecified atom stereocenters. The average Bonchev–Trinajstić information content (AvgIpc) is 2.69. The van der Waals surface area contributed by atoms with Crippen molar-refractivity contribution < 1.29 is 23.6 Å². The van der Waals surface area contributed by atoms with Crippen LogP contribution in [0.25, 0.3) is 0 Å². The van der Waals surface area contributed by atoms with Crippen LogP contribution in [0.2, 0.25) is 5.02 Å². The molecular formula is C20H22ClFN3O3+. The Morgan fingerprint density at radius 3 is 2.57 bits per heavy atom. The van der Waals surface area contributed by atoms with Gasteiger partial charge >= 0.3 is 0 Å². The fourth-order valence-corrected chi connectivity index (χ4v) is 3.35. The fourth-order valence-electron chi connectivity index (χ4n) is 3.17. The average molecular weight is 407 g/mol. The van der Waals surface area contributed by atoms with E-state index in [1.165, 1.54) is 19.2 Å². The first-order chi connectivity index (χ1) is 13.5. The smallest absolute Gasteiger partial charge is 0.279 e. The zero-order valence-electron chi connectivity index (χ0n) is 15.5. The molecule has 1 aliphatic heterocycles. The van der Waals surface area contributed by atoms with Crippen LogP contribution in [0, 0.1) is 5.82 Å². The van der Waals surface area contributed by atoms with Crippen LogP contribution in [0.15, 0.2) is 42.5 Å². The van der Waals surface area contributed by atoms with Gasteiger partial charge in [0.15, 0.2) is 18.1 Å². The molecule has 0 radical (unpaired) electrons. The van der Waals surface area contributed by atoms with Crippen LogP contribution in [0.5, 0.6) is 5.75 Å². The maximum Gasteiger partial charge on any atom is 0.279 e. The first kappa shape index (κ1) is 20.1. The van der Waals surface area contributed by atoms with Gasteiger partial charge in [0.1, 0.15) is 0 Å². The molecule has 8 heteroatoms. The number of methoxy groups -OCH3 is 1. The van der Waals surface area contributed by atoms with Gasteiger partial charge in [-0.25, -0.2) is 4.39 Å². The van der Waals surface area contributed by atoms with Crippen LogP contribution in [0.3, 0.4) is 0 Å². The molecule has 0 saturated carbocycles. The van der Waals surface area contributed by atoms with Gasteiger partial charge in [0.05, 0.1) is 44.0 Å². The van der Waals surface area contributed by atoms with Crippen molar-refractivity contribution in [2.75, 3.05) is 45.2 Å². The molecule has 2 N–H and O–H groups in total. The number of para-hydroxylation sites is 1. The monoisotopic (exact) mass is 406 g/mol. The number of anilines is 1. The second-order valence-corrected chi connectivity index (χ2v) is 7.00. The molecule has 2 aromatic carbocycles. The first-order valence-corrected chi connectivity index (χ1v) is 9.36. The van der Waals surface area contributed by atoms with Crippen molar-refractivity contribution in [3.63, 3.8) is 0 Å². The summed E-state index contributed by atoms with van der Waals surface area (Å²) >= 11 is 6.05. The minimum Gasteiger partial charge on any atom is -0.494 e. The highest BCUT2D eigenvalue weighted by molar-refractivity contribution is 6.33. The third-order valence-corrected chi connectivity index (χ3v) is 5.04. The molecule has 2 amide bonds. The Bertz CT molecular complexity index is 870. The van der Waals surface area contributed by atoms with E-state index < -0.39 is 5.82 Å². The summed E-state index contributed by atoms with van der Waals surface area (Å²) in [5, 5.41) is 3.30. The molecule has 0 aliphatic carbocycles. The van der Waals surface area contributed by atoms with E-state index in [1.807, 2.05) is 0 Å². The number of carbonyl (C=O) groups is 2. The molecule has 28 heavy (non-hydrogen) atoms. The van der Waals surface area contributed by atoms with Gasteiger partial charge in [-0.05, 0) is 30.3 Å². The summed E-state index contributed by atoms with van der Waals surface area (Å²) < 4.78 is 18.7. The van der Waals surface area contributed by atoms with E-state index in [4.69, 9.17) is 16.3 Å². The van der Waals surface area contributed by atoms with Gasteiger partial charge in [0, 0.05) is 5.56 Å². The predicted molar refractivity (Wildman–Crippen MR) is 105 cm³/mol. The Hall–Kier alpha value is -2.64. The molecule has 0 spiro atoms. The third kappa shape index (κ3) is 4.79. The van der Waals surface area contributed by atoms with Crippen molar-refractivity contribution in [3.05, 3.63) is 58.9 Å². The van der Waals surface area contributed by atoms with Crippen molar-refractivity contribution in [2.45, 2.75) is 0 Å². The number of piperazine rings is 1. The van der Waals surface area contributed by atoms with Crippen LogP contribution >= 0.6 is 11.6 Å². The minimum absolute atomic E-state index is 0.107. The molecule has 1 heterocycles. The Balaban J connectivity index is 1.51. The highest BCUT2D eigenvalue weighted by Crippen LogP contribution is 2.20. The van der Waals surface area contributed by atoms with Gasteiger partial charge < -0.3 is 19.9 Å². The van der Waals surface area contributed by atoms with Crippen molar-refractivity contribution in [2.24, 2.45) is 0 Å². The zero-order chi connectivity index (χ0) is 20.1. The largest absolute Gasteiger partial charge is 0.494 e. The van der Waals surface area contributed by atoms with E-state index in [1.54, 1.807) is 35.2 Å². The van der Waals surface area contributed by atoms with E-state index in [9.17, 15) is 14.0 Å². The number of hydrogen-bond acceptors (Lipinski definition) is 3. The van der Waals surface area contributed by atoms with Gasteiger partial charge in [-0.3, -0.25) is 9.59 Å². The predicted octanol–water partition coefficient (Wildman–Crippen LogP) is 1.47. The van der Waals surface area contributed by atoms with Gasteiger partial charge in [-0.2, -0.15) is 0 Å². The molecular weight excluding hydrogens is 385 g/mol. The highest BCUT2D eigenvalue weighted by atomic mass is 35.5. The number of nitrogens with zero attached hydrogens (tertiary/aromatic N) is 1. The summed E-state index contributed by atoms with van der Waals surface area (Å²) in [6.07, 6.45) is 0. The van der Waals surface area contributed by atoms with Crippen molar-refractivity contribution >= 4 is 29.1 Å². The summed E-state index contributed by atoms with van der Waals surface area (Å²) in [5.41, 5.74) is 0.877. The van der Waals surface area contributed by atoms with Crippen LogP contribution in [0.4, 0.5) is 10.1 Å². The second kappa shape index (κ2) is 9.03. The maximum atomic E-state index is 13.8. The lowest BCUT2D eigenvalue weighted by Crippen LogP contribution is -3.15. The minimum atomic E-state index is -0.561. The van der Waals surface area contributed by atoms with Crippen LogP contribution in [-0.2, 0) is 4.79 Å². The second-order valence-electron chi connectivity index (χ2n) is 6.60. The van der Waals surface area contributed by atoms with Gasteiger partial charge in [-0.1, -0.05) is 23.7 Å². The molecule has 0 bridgehead atoms. The number of benzene rings is 2. The van der Waals surface area contributed by atoms with Crippen molar-refractivity contribution in [1.82, 2.24) is 4.90 Å². The lowest BCUT2D eigenvalue weighted by atomic mass is 10.1. The van der Waals surface area contributed by atoms with Gasteiger partial charge in [-0.15, -0.1) is 0 Å². The van der Waals surface area contributed by atoms with E-state index in [-0.39, 0.29) is 17.6 Å². The van der Waals surface area contributed by atoms with Crippen molar-refractivity contribution in [1.29, 1.82) is 0 Å². The Morgan fingerprint density at radius 2 is 1.93 bits per heavy atom. The number of carbonyl (C=O) groups excluding carboxylic acids is 2. The molecule has 1 saturated heterocycles. The van der Waals surface area contributed by atoms with E-state index in [0.717, 1.165) is 4.90 Å². The molecule has 3 rings (SSSR count). The van der Waals surface area contributed by atoms with Crippen LogP contribution < -0.4 is 15.0 Å².